The number of amides is 1. The highest BCUT2D eigenvalue weighted by molar-refractivity contribution is 7.16. The van der Waals surface area contributed by atoms with Gasteiger partial charge in [0, 0.05) is 18.7 Å². The van der Waals surface area contributed by atoms with Crippen molar-refractivity contribution in [3.63, 3.8) is 0 Å². The molecule has 0 saturated carbocycles. The normalized spacial score (nSPS) is 21.6. The number of thiazole rings is 1. The summed E-state index contributed by atoms with van der Waals surface area (Å²) in [7, 11) is 0. The lowest BCUT2D eigenvalue weighted by Gasteiger charge is -2.14. The number of hydrogen-bond donors (Lipinski definition) is 1. The van der Waals surface area contributed by atoms with Gasteiger partial charge in [-0.2, -0.15) is 0 Å². The Morgan fingerprint density at radius 2 is 2.08 bits per heavy atom. The fourth-order valence-electron chi connectivity index (χ4n) is 3.15. The molecule has 2 aliphatic rings. The molecular weight excluding hydrogens is 344 g/mol. The van der Waals surface area contributed by atoms with Crippen molar-refractivity contribution in [2.45, 2.75) is 6.92 Å². The van der Waals surface area contributed by atoms with E-state index in [1.165, 1.54) is 11.3 Å². The van der Waals surface area contributed by atoms with Crippen LogP contribution < -0.4 is 9.47 Å². The van der Waals surface area contributed by atoms with Crippen molar-refractivity contribution in [2.75, 3.05) is 19.9 Å². The SMILES string of the molecule is C[C@@H]1CN(C(=O)c2cnc(-c3ccc4c(c3)OCO4)s2)C[C@H]1C(=O)O. The summed E-state index contributed by atoms with van der Waals surface area (Å²) >= 11 is 1.29. The lowest BCUT2D eigenvalue weighted by atomic mass is 9.99. The van der Waals surface area contributed by atoms with Gasteiger partial charge in [0.05, 0.1) is 12.1 Å². The van der Waals surface area contributed by atoms with Gasteiger partial charge >= 0.3 is 5.97 Å². The third-order valence-electron chi connectivity index (χ3n) is 4.55. The number of carboxylic acids is 1. The van der Waals surface area contributed by atoms with Crippen LogP contribution in [0.1, 0.15) is 16.6 Å². The highest BCUT2D eigenvalue weighted by Crippen LogP contribution is 2.37. The molecule has 1 amide bonds. The summed E-state index contributed by atoms with van der Waals surface area (Å²) < 4.78 is 10.7. The lowest BCUT2D eigenvalue weighted by molar-refractivity contribution is -0.142. The molecule has 1 aromatic heterocycles. The highest BCUT2D eigenvalue weighted by Gasteiger charge is 2.37. The Morgan fingerprint density at radius 3 is 2.84 bits per heavy atom. The zero-order chi connectivity index (χ0) is 17.6. The molecule has 1 N–H and O–H groups in total. The Bertz CT molecular complexity index is 849. The Hall–Kier alpha value is -2.61. The maximum atomic E-state index is 12.7. The summed E-state index contributed by atoms with van der Waals surface area (Å²) in [6.07, 6.45) is 1.55. The van der Waals surface area contributed by atoms with Crippen LogP contribution in [0.5, 0.6) is 11.5 Å². The predicted octanol–water partition coefficient (Wildman–Crippen LogP) is 2.33. The van der Waals surface area contributed by atoms with Crippen LogP contribution in [0.15, 0.2) is 24.4 Å². The molecule has 4 rings (SSSR count). The molecule has 130 valence electrons. The van der Waals surface area contributed by atoms with E-state index in [4.69, 9.17) is 9.47 Å². The maximum absolute atomic E-state index is 12.7. The summed E-state index contributed by atoms with van der Waals surface area (Å²) in [6.45, 7) is 2.76. The molecule has 2 aliphatic heterocycles. The summed E-state index contributed by atoms with van der Waals surface area (Å²) in [5.41, 5.74) is 0.853. The second-order valence-electron chi connectivity index (χ2n) is 6.23. The van der Waals surface area contributed by atoms with Crippen molar-refractivity contribution in [3.8, 4) is 22.1 Å². The average molecular weight is 360 g/mol. The Balaban J connectivity index is 1.53. The molecule has 1 aromatic carbocycles. The molecule has 0 aliphatic carbocycles. The van der Waals surface area contributed by atoms with Gasteiger partial charge in [-0.1, -0.05) is 6.92 Å². The summed E-state index contributed by atoms with van der Waals surface area (Å²) in [5.74, 6) is -0.221. The topological polar surface area (TPSA) is 89.0 Å². The average Bonchev–Trinajstić information content (AvgIpc) is 3.32. The predicted molar refractivity (Wildman–Crippen MR) is 89.9 cm³/mol. The van der Waals surface area contributed by atoms with Crippen LogP contribution in [0.3, 0.4) is 0 Å². The third-order valence-corrected chi connectivity index (χ3v) is 5.59. The van der Waals surface area contributed by atoms with Gasteiger partial charge < -0.3 is 19.5 Å². The molecule has 0 bridgehead atoms. The standard InChI is InChI=1S/C17H16N2O5S/c1-9-6-19(7-11(9)17(21)22)16(20)14-5-18-15(25-14)10-2-3-12-13(4-10)24-8-23-12/h2-5,9,11H,6-8H2,1H3,(H,21,22)/t9-,11-/m1/s1. The number of carboxylic acid groups (broad SMARTS) is 1. The third kappa shape index (κ3) is 2.82. The lowest BCUT2D eigenvalue weighted by Crippen LogP contribution is -2.29. The molecule has 0 spiro atoms. The van der Waals surface area contributed by atoms with E-state index in [2.05, 4.69) is 4.98 Å². The molecule has 7 nitrogen and oxygen atoms in total. The molecule has 0 unspecified atom stereocenters. The van der Waals surface area contributed by atoms with Gasteiger partial charge in [0.15, 0.2) is 11.5 Å². The second-order valence-corrected chi connectivity index (χ2v) is 7.26. The van der Waals surface area contributed by atoms with Crippen LogP contribution in [0.4, 0.5) is 0 Å². The monoisotopic (exact) mass is 360 g/mol. The summed E-state index contributed by atoms with van der Waals surface area (Å²) in [6, 6.07) is 5.53. The van der Waals surface area contributed by atoms with Gasteiger partial charge in [-0.25, -0.2) is 4.98 Å². The van der Waals surface area contributed by atoms with Gasteiger partial charge in [0.2, 0.25) is 6.79 Å². The van der Waals surface area contributed by atoms with Crippen LogP contribution in [0, 0.1) is 11.8 Å². The van der Waals surface area contributed by atoms with E-state index in [0.717, 1.165) is 5.56 Å². The Labute approximate surface area is 147 Å². The maximum Gasteiger partial charge on any atom is 0.308 e. The van der Waals surface area contributed by atoms with Crippen molar-refractivity contribution >= 4 is 23.2 Å². The fourth-order valence-corrected chi connectivity index (χ4v) is 4.03. The number of aliphatic carboxylic acids is 1. The molecule has 0 radical (unpaired) electrons. The molecule has 8 heteroatoms. The minimum Gasteiger partial charge on any atom is -0.481 e. The Kier molecular flexibility index (Phi) is 3.84. The van der Waals surface area contributed by atoms with E-state index in [0.29, 0.717) is 27.9 Å². The molecule has 1 saturated heterocycles. The Morgan fingerprint density at radius 1 is 1.28 bits per heavy atom. The van der Waals surface area contributed by atoms with E-state index in [1.54, 1.807) is 11.1 Å². The summed E-state index contributed by atoms with van der Waals surface area (Å²) in [4.78, 5) is 30.3. The van der Waals surface area contributed by atoms with Crippen molar-refractivity contribution in [1.29, 1.82) is 0 Å². The first-order valence-corrected chi connectivity index (χ1v) is 8.72. The first kappa shape index (κ1) is 15.9. The molecule has 3 heterocycles. The number of aromatic nitrogens is 1. The number of carbonyl (C=O) groups excluding carboxylic acids is 1. The van der Waals surface area contributed by atoms with Crippen molar-refractivity contribution < 1.29 is 24.2 Å². The van der Waals surface area contributed by atoms with Crippen molar-refractivity contribution in [2.24, 2.45) is 11.8 Å². The minimum atomic E-state index is -0.854. The number of rotatable bonds is 3. The van der Waals surface area contributed by atoms with Crippen LogP contribution in [0.2, 0.25) is 0 Å². The van der Waals surface area contributed by atoms with Crippen LogP contribution in [-0.2, 0) is 4.79 Å². The number of hydrogen-bond acceptors (Lipinski definition) is 6. The number of fused-ring (bicyclic) bond motifs is 1. The minimum absolute atomic E-state index is 0.0531. The molecular formula is C17H16N2O5S. The number of carbonyl (C=O) groups is 2. The number of likely N-dealkylation sites (tertiary alicyclic amines) is 1. The van der Waals surface area contributed by atoms with E-state index in [9.17, 15) is 14.7 Å². The molecule has 25 heavy (non-hydrogen) atoms. The van der Waals surface area contributed by atoms with Gasteiger partial charge in [-0.05, 0) is 24.1 Å². The number of nitrogens with zero attached hydrogens (tertiary/aromatic N) is 2. The second kappa shape index (κ2) is 6.03. The number of benzene rings is 1. The van der Waals surface area contributed by atoms with Gasteiger partial charge in [-0.15, -0.1) is 11.3 Å². The van der Waals surface area contributed by atoms with E-state index >= 15 is 0 Å². The van der Waals surface area contributed by atoms with Crippen molar-refractivity contribution in [3.05, 3.63) is 29.3 Å². The fraction of sp³-hybridized carbons (Fsp3) is 0.353. The molecule has 1 fully saturated rings. The zero-order valence-corrected chi connectivity index (χ0v) is 14.3. The number of ether oxygens (including phenoxy) is 2. The molecule has 2 atom stereocenters. The van der Waals surface area contributed by atoms with E-state index in [-0.39, 0.29) is 25.2 Å². The van der Waals surface area contributed by atoms with Crippen LogP contribution in [-0.4, -0.2) is 46.7 Å². The summed E-state index contributed by atoms with van der Waals surface area (Å²) in [5, 5.41) is 9.93. The first-order chi connectivity index (χ1) is 12.0. The van der Waals surface area contributed by atoms with Crippen molar-refractivity contribution in [1.82, 2.24) is 9.88 Å². The smallest absolute Gasteiger partial charge is 0.308 e. The van der Waals surface area contributed by atoms with Gasteiger partial charge in [0.25, 0.3) is 5.91 Å². The first-order valence-electron chi connectivity index (χ1n) is 7.91. The van der Waals surface area contributed by atoms with Gasteiger partial charge in [0.1, 0.15) is 9.88 Å². The zero-order valence-electron chi connectivity index (χ0n) is 13.5. The quantitative estimate of drug-likeness (QED) is 0.904. The van der Waals surface area contributed by atoms with E-state index in [1.807, 2.05) is 25.1 Å². The van der Waals surface area contributed by atoms with E-state index < -0.39 is 11.9 Å². The van der Waals surface area contributed by atoms with Crippen LogP contribution >= 0.6 is 11.3 Å². The molecule has 2 aromatic rings. The highest BCUT2D eigenvalue weighted by atomic mass is 32.1. The largest absolute Gasteiger partial charge is 0.481 e. The van der Waals surface area contributed by atoms with Crippen LogP contribution in [0.25, 0.3) is 10.6 Å². The van der Waals surface area contributed by atoms with Gasteiger partial charge in [-0.3, -0.25) is 9.59 Å².